The fourth-order valence-corrected chi connectivity index (χ4v) is 12.9. The lowest BCUT2D eigenvalue weighted by atomic mass is 9.44. The van der Waals surface area contributed by atoms with E-state index in [9.17, 15) is 0 Å². The van der Waals surface area contributed by atoms with Crippen molar-refractivity contribution in [2.75, 3.05) is 59.5 Å². The number of hydrogen-bond acceptors (Lipinski definition) is 9. The smallest absolute Gasteiger partial charge is 0.374 e. The maximum atomic E-state index is 6.15. The van der Waals surface area contributed by atoms with Gasteiger partial charge in [-0.3, -0.25) is 0 Å². The second-order valence-corrected chi connectivity index (χ2v) is 16.6. The molecular weight excluding hydrogens is 527 g/mol. The van der Waals surface area contributed by atoms with Gasteiger partial charge in [-0.25, -0.2) is 0 Å². The summed E-state index contributed by atoms with van der Waals surface area (Å²) < 4.78 is 55.3. The molecule has 0 heterocycles. The molecule has 0 rings (SSSR count). The summed E-state index contributed by atoms with van der Waals surface area (Å²) in [6, 6.07) is 2.27. The van der Waals surface area contributed by atoms with Crippen molar-refractivity contribution in [3.05, 3.63) is 0 Å². The second-order valence-electron chi connectivity index (χ2n) is 8.43. The Labute approximate surface area is 231 Å². The predicted octanol–water partition coefficient (Wildman–Crippen LogP) is 5.63. The van der Waals surface area contributed by atoms with E-state index in [4.69, 9.17) is 39.8 Å². The van der Waals surface area contributed by atoms with Gasteiger partial charge in [0, 0.05) is 77.6 Å². The minimum atomic E-state index is -2.76. The molecule has 13 heteroatoms. The Bertz CT molecular complexity index is 415. The average molecular weight is 585 g/mol. The summed E-state index contributed by atoms with van der Waals surface area (Å²) in [5.74, 6) is 0. The monoisotopic (exact) mass is 584 g/mol. The summed E-state index contributed by atoms with van der Waals surface area (Å²) in [5.41, 5.74) is 0. The average Bonchev–Trinajstić information content (AvgIpc) is 2.85. The molecular formula is C24H57BO9Si3. The molecule has 0 aromatic rings. The zero-order chi connectivity index (χ0) is 28.0. The summed E-state index contributed by atoms with van der Waals surface area (Å²) in [7, 11) is -8.29. The van der Waals surface area contributed by atoms with Gasteiger partial charge in [-0.2, -0.15) is 0 Å². The Kier molecular flexibility index (Phi) is 22.3. The Hall–Kier alpha value is 0.356. The van der Waals surface area contributed by atoms with E-state index in [0.29, 0.717) is 66.2 Å². The van der Waals surface area contributed by atoms with Gasteiger partial charge in [0.05, 0.1) is 0 Å². The van der Waals surface area contributed by atoms with Crippen LogP contribution in [-0.4, -0.2) is 92.6 Å². The Morgan fingerprint density at radius 1 is 0.324 bits per heavy atom. The quantitative estimate of drug-likeness (QED) is 0.114. The van der Waals surface area contributed by atoms with Crippen LogP contribution in [0.3, 0.4) is 0 Å². The summed E-state index contributed by atoms with van der Waals surface area (Å²) >= 11 is 0. The van der Waals surface area contributed by atoms with Crippen LogP contribution >= 0.6 is 0 Å². The largest absolute Gasteiger partial charge is 0.500 e. The normalized spacial score (nSPS) is 12.9. The van der Waals surface area contributed by atoms with Gasteiger partial charge >= 0.3 is 26.4 Å². The molecule has 0 N–H and O–H groups in total. The van der Waals surface area contributed by atoms with E-state index in [1.165, 1.54) is 0 Å². The standard InChI is InChI=1S/C24H57BO9Si3/c1-10-26-35(27-11-2,28-12-3)22-19-25(20-23-36(29-13-4,30-14-5)31-15-6)21-24-37(32-16-7,33-17-8)34-18-9/h10-24H2,1-9H3. The van der Waals surface area contributed by atoms with Crippen LogP contribution in [0.2, 0.25) is 37.1 Å². The maximum Gasteiger partial charge on any atom is 0.500 e. The highest BCUT2D eigenvalue weighted by Gasteiger charge is 2.45. The van der Waals surface area contributed by atoms with Crippen LogP contribution in [0.15, 0.2) is 0 Å². The highest BCUT2D eigenvalue weighted by atomic mass is 28.4. The zero-order valence-electron chi connectivity index (χ0n) is 25.4. The molecule has 0 saturated heterocycles. The fourth-order valence-electron chi connectivity index (χ4n) is 4.58. The summed E-state index contributed by atoms with van der Waals surface area (Å²) in [6.45, 7) is 23.4. The lowest BCUT2D eigenvalue weighted by Gasteiger charge is -2.32. The van der Waals surface area contributed by atoms with Crippen molar-refractivity contribution in [1.29, 1.82) is 0 Å². The van der Waals surface area contributed by atoms with Gasteiger partial charge in [-0.1, -0.05) is 19.0 Å². The van der Waals surface area contributed by atoms with E-state index < -0.39 is 26.4 Å². The molecule has 0 amide bonds. The summed E-state index contributed by atoms with van der Waals surface area (Å²) in [6.07, 6.45) is 2.70. The van der Waals surface area contributed by atoms with Crippen LogP contribution in [0, 0.1) is 0 Å². The molecule has 0 aliphatic carbocycles. The summed E-state index contributed by atoms with van der Waals surface area (Å²) in [5, 5.41) is 0. The molecule has 0 aliphatic heterocycles. The van der Waals surface area contributed by atoms with Crippen LogP contribution in [-0.2, 0) is 39.8 Å². The maximum absolute atomic E-state index is 6.15. The van der Waals surface area contributed by atoms with Crippen LogP contribution in [0.4, 0.5) is 0 Å². The van der Waals surface area contributed by atoms with Crippen molar-refractivity contribution in [3.8, 4) is 0 Å². The van der Waals surface area contributed by atoms with Gasteiger partial charge in [-0.05, 0) is 62.3 Å². The van der Waals surface area contributed by atoms with Crippen LogP contribution < -0.4 is 0 Å². The van der Waals surface area contributed by atoms with Crippen molar-refractivity contribution >= 4 is 33.1 Å². The lowest BCUT2D eigenvalue weighted by molar-refractivity contribution is 0.0722. The molecule has 0 aliphatic rings. The summed E-state index contributed by atoms with van der Waals surface area (Å²) in [4.78, 5) is 0. The second kappa shape index (κ2) is 22.1. The highest BCUT2D eigenvalue weighted by Crippen LogP contribution is 2.29. The molecule has 0 aromatic carbocycles. The molecule has 0 aromatic heterocycles. The van der Waals surface area contributed by atoms with Crippen LogP contribution in [0.1, 0.15) is 62.3 Å². The minimum Gasteiger partial charge on any atom is -0.374 e. The molecule has 0 unspecified atom stereocenters. The van der Waals surface area contributed by atoms with Gasteiger partial charge < -0.3 is 39.8 Å². The van der Waals surface area contributed by atoms with E-state index in [0.717, 1.165) is 37.1 Å². The Morgan fingerprint density at radius 3 is 0.622 bits per heavy atom. The molecule has 0 atom stereocenters. The fraction of sp³-hybridized carbons (Fsp3) is 1.00. The molecule has 9 nitrogen and oxygen atoms in total. The third-order valence-corrected chi connectivity index (χ3v) is 15.1. The van der Waals surface area contributed by atoms with Crippen molar-refractivity contribution < 1.29 is 39.8 Å². The van der Waals surface area contributed by atoms with Gasteiger partial charge in [-0.15, -0.1) is 0 Å². The minimum absolute atomic E-state index is 0.328. The molecule has 0 fully saturated rings. The first-order valence-corrected chi connectivity index (χ1v) is 20.4. The van der Waals surface area contributed by atoms with Gasteiger partial charge in [0.25, 0.3) is 0 Å². The number of rotatable bonds is 27. The van der Waals surface area contributed by atoms with Crippen LogP contribution in [0.25, 0.3) is 0 Å². The van der Waals surface area contributed by atoms with Crippen molar-refractivity contribution in [1.82, 2.24) is 0 Å². The Morgan fingerprint density at radius 2 is 0.486 bits per heavy atom. The molecule has 37 heavy (non-hydrogen) atoms. The Balaban J connectivity index is 5.88. The zero-order valence-corrected chi connectivity index (χ0v) is 28.4. The van der Waals surface area contributed by atoms with E-state index in [2.05, 4.69) is 0 Å². The third kappa shape index (κ3) is 14.5. The van der Waals surface area contributed by atoms with Crippen molar-refractivity contribution in [2.24, 2.45) is 0 Å². The van der Waals surface area contributed by atoms with Crippen LogP contribution in [0.5, 0.6) is 0 Å². The molecule has 0 spiro atoms. The predicted molar refractivity (Wildman–Crippen MR) is 156 cm³/mol. The van der Waals surface area contributed by atoms with E-state index in [1.54, 1.807) is 0 Å². The van der Waals surface area contributed by atoms with Crippen molar-refractivity contribution in [3.63, 3.8) is 0 Å². The van der Waals surface area contributed by atoms with E-state index in [1.807, 2.05) is 62.3 Å². The van der Waals surface area contributed by atoms with Gasteiger partial charge in [0.1, 0.15) is 6.71 Å². The van der Waals surface area contributed by atoms with E-state index >= 15 is 0 Å². The first-order valence-electron chi connectivity index (χ1n) is 14.6. The van der Waals surface area contributed by atoms with E-state index in [-0.39, 0.29) is 0 Å². The SMILES string of the molecule is CCO[Si](CCB(CC[Si](OCC)(OCC)OCC)CC[Si](OCC)(OCC)OCC)(OCC)OCC. The topological polar surface area (TPSA) is 83.1 Å². The molecule has 0 saturated carbocycles. The lowest BCUT2D eigenvalue weighted by Crippen LogP contribution is -2.49. The highest BCUT2D eigenvalue weighted by molar-refractivity contribution is 6.70. The van der Waals surface area contributed by atoms with Gasteiger partial charge in [0.15, 0.2) is 0 Å². The van der Waals surface area contributed by atoms with Gasteiger partial charge in [0.2, 0.25) is 0 Å². The molecule has 0 radical (unpaired) electrons. The third-order valence-electron chi connectivity index (χ3n) is 5.85. The molecule has 0 bridgehead atoms. The first-order chi connectivity index (χ1) is 17.8. The first kappa shape index (κ1) is 37.4. The van der Waals surface area contributed by atoms with Crippen molar-refractivity contribution in [2.45, 2.75) is 99.4 Å². The number of hydrogen-bond donors (Lipinski definition) is 0. The molecule has 222 valence electrons.